The van der Waals surface area contributed by atoms with Crippen LogP contribution >= 0.6 is 0 Å². The monoisotopic (exact) mass is 251 g/mol. The highest BCUT2D eigenvalue weighted by molar-refractivity contribution is 5.96. The Balaban J connectivity index is 2.06. The Kier molecular flexibility index (Phi) is 3.36. The molecule has 98 valence electrons. The molecular weight excluding hydrogens is 234 g/mol. The molecule has 1 aliphatic rings. The van der Waals surface area contributed by atoms with Gasteiger partial charge in [-0.25, -0.2) is 0 Å². The summed E-state index contributed by atoms with van der Waals surface area (Å²) in [4.78, 5) is 24.9. The van der Waals surface area contributed by atoms with Crippen molar-refractivity contribution in [2.45, 2.75) is 26.7 Å². The number of carboxylic acids is 1. The van der Waals surface area contributed by atoms with Crippen LogP contribution < -0.4 is 0 Å². The first kappa shape index (κ1) is 12.6. The van der Waals surface area contributed by atoms with Crippen LogP contribution in [0, 0.1) is 19.8 Å². The molecule has 1 aromatic rings. The number of nitrogens with one attached hydrogen (secondary N) is 1. The number of rotatable bonds is 2. The van der Waals surface area contributed by atoms with Crippen molar-refractivity contribution in [3.63, 3.8) is 0 Å². The molecule has 0 saturated carbocycles. The lowest BCUT2D eigenvalue weighted by molar-refractivity contribution is -0.143. The first-order chi connectivity index (χ1) is 8.50. The molecular formula is C12H17N3O3. The van der Waals surface area contributed by atoms with Crippen LogP contribution in [0.25, 0.3) is 0 Å². The molecule has 1 aliphatic heterocycles. The van der Waals surface area contributed by atoms with Crippen molar-refractivity contribution in [2.75, 3.05) is 13.1 Å². The van der Waals surface area contributed by atoms with Crippen molar-refractivity contribution in [2.24, 2.45) is 5.92 Å². The lowest BCUT2D eigenvalue weighted by Gasteiger charge is -2.30. The van der Waals surface area contributed by atoms with Gasteiger partial charge in [0, 0.05) is 18.8 Å². The third kappa shape index (κ3) is 2.23. The molecule has 0 bridgehead atoms. The fourth-order valence-corrected chi connectivity index (χ4v) is 2.35. The average molecular weight is 251 g/mol. The molecule has 0 radical (unpaired) electrons. The molecule has 0 atom stereocenters. The van der Waals surface area contributed by atoms with Crippen molar-refractivity contribution in [3.05, 3.63) is 17.0 Å². The highest BCUT2D eigenvalue weighted by Crippen LogP contribution is 2.20. The van der Waals surface area contributed by atoms with Crippen LogP contribution in [0.4, 0.5) is 0 Å². The van der Waals surface area contributed by atoms with E-state index in [0.717, 1.165) is 5.69 Å². The van der Waals surface area contributed by atoms with Gasteiger partial charge in [0.2, 0.25) is 0 Å². The summed E-state index contributed by atoms with van der Waals surface area (Å²) in [6.45, 7) is 4.61. The molecule has 1 aromatic heterocycles. The maximum absolute atomic E-state index is 12.3. The normalized spacial score (nSPS) is 16.9. The summed E-state index contributed by atoms with van der Waals surface area (Å²) in [5.74, 6) is -1.14. The fourth-order valence-electron chi connectivity index (χ4n) is 2.35. The zero-order valence-electron chi connectivity index (χ0n) is 10.6. The van der Waals surface area contributed by atoms with Crippen LogP contribution in [0.2, 0.25) is 0 Å². The van der Waals surface area contributed by atoms with Gasteiger partial charge < -0.3 is 10.0 Å². The Bertz CT molecular complexity index is 453. The number of piperidine rings is 1. The smallest absolute Gasteiger partial charge is 0.306 e. The number of aryl methyl sites for hydroxylation is 2. The molecule has 6 heteroatoms. The molecule has 2 heterocycles. The summed E-state index contributed by atoms with van der Waals surface area (Å²) < 4.78 is 0. The van der Waals surface area contributed by atoms with Crippen LogP contribution in [-0.2, 0) is 4.79 Å². The molecule has 6 nitrogen and oxygen atoms in total. The molecule has 0 aromatic carbocycles. The Hall–Kier alpha value is -1.85. The number of carboxylic acid groups (broad SMARTS) is 1. The fraction of sp³-hybridized carbons (Fsp3) is 0.583. The van der Waals surface area contributed by atoms with E-state index in [2.05, 4.69) is 10.2 Å². The molecule has 1 fully saturated rings. The number of hydrogen-bond acceptors (Lipinski definition) is 3. The maximum Gasteiger partial charge on any atom is 0.306 e. The van der Waals surface area contributed by atoms with Gasteiger partial charge >= 0.3 is 5.97 Å². The summed E-state index contributed by atoms with van der Waals surface area (Å²) in [7, 11) is 0. The zero-order chi connectivity index (χ0) is 13.3. The van der Waals surface area contributed by atoms with E-state index in [0.29, 0.717) is 37.2 Å². The summed E-state index contributed by atoms with van der Waals surface area (Å²) in [6.07, 6.45) is 1.05. The van der Waals surface area contributed by atoms with E-state index in [1.807, 2.05) is 6.92 Å². The Morgan fingerprint density at radius 1 is 1.33 bits per heavy atom. The highest BCUT2D eigenvalue weighted by atomic mass is 16.4. The van der Waals surface area contributed by atoms with Crippen LogP contribution in [0.1, 0.15) is 34.6 Å². The quantitative estimate of drug-likeness (QED) is 0.819. The van der Waals surface area contributed by atoms with Crippen LogP contribution in [0.15, 0.2) is 0 Å². The molecule has 1 amide bonds. The molecule has 0 aliphatic carbocycles. The number of carbonyl (C=O) groups is 2. The van der Waals surface area contributed by atoms with E-state index in [-0.39, 0.29) is 11.8 Å². The lowest BCUT2D eigenvalue weighted by atomic mass is 9.96. The van der Waals surface area contributed by atoms with Crippen molar-refractivity contribution in [1.82, 2.24) is 15.1 Å². The molecule has 1 saturated heterocycles. The number of likely N-dealkylation sites (tertiary alicyclic amines) is 1. The third-order valence-electron chi connectivity index (χ3n) is 3.47. The Morgan fingerprint density at radius 3 is 2.39 bits per heavy atom. The van der Waals surface area contributed by atoms with Gasteiger partial charge in [-0.1, -0.05) is 0 Å². The van der Waals surface area contributed by atoms with Gasteiger partial charge in [-0.15, -0.1) is 0 Å². The Morgan fingerprint density at radius 2 is 1.94 bits per heavy atom. The first-order valence-electron chi connectivity index (χ1n) is 6.04. The predicted octanol–water partition coefficient (Wildman–Crippen LogP) is 0.963. The minimum Gasteiger partial charge on any atom is -0.481 e. The van der Waals surface area contributed by atoms with E-state index in [9.17, 15) is 9.59 Å². The molecule has 0 unspecified atom stereocenters. The van der Waals surface area contributed by atoms with Crippen molar-refractivity contribution in [3.8, 4) is 0 Å². The highest BCUT2D eigenvalue weighted by Gasteiger charge is 2.29. The van der Waals surface area contributed by atoms with E-state index in [4.69, 9.17) is 5.11 Å². The predicted molar refractivity (Wildman–Crippen MR) is 64.3 cm³/mol. The standard InChI is InChI=1S/C12H17N3O3/c1-7-10(8(2)14-13-7)11(16)15-5-3-9(4-6-15)12(17)18/h9H,3-6H2,1-2H3,(H,13,14)(H,17,18). The minimum absolute atomic E-state index is 0.0532. The number of aliphatic carboxylic acids is 1. The van der Waals surface area contributed by atoms with Crippen LogP contribution in [-0.4, -0.2) is 45.2 Å². The number of aromatic nitrogens is 2. The SMILES string of the molecule is Cc1n[nH]c(C)c1C(=O)N1CCC(C(=O)O)CC1. The summed E-state index contributed by atoms with van der Waals surface area (Å²) in [5, 5.41) is 15.7. The van der Waals surface area contributed by atoms with Gasteiger partial charge in [-0.2, -0.15) is 5.10 Å². The van der Waals surface area contributed by atoms with E-state index in [1.165, 1.54) is 0 Å². The Labute approximate surface area is 105 Å². The number of carbonyl (C=O) groups excluding carboxylic acids is 1. The summed E-state index contributed by atoms with van der Waals surface area (Å²) in [6, 6.07) is 0. The molecule has 18 heavy (non-hydrogen) atoms. The van der Waals surface area contributed by atoms with Gasteiger partial charge in [-0.3, -0.25) is 14.7 Å². The van der Waals surface area contributed by atoms with Gasteiger partial charge in [0.15, 0.2) is 0 Å². The van der Waals surface area contributed by atoms with Gasteiger partial charge in [0.05, 0.1) is 17.2 Å². The van der Waals surface area contributed by atoms with Crippen LogP contribution in [0.3, 0.4) is 0 Å². The molecule has 2 rings (SSSR count). The molecule has 2 N–H and O–H groups in total. The average Bonchev–Trinajstić information content (AvgIpc) is 2.68. The number of aromatic amines is 1. The second kappa shape index (κ2) is 4.80. The maximum atomic E-state index is 12.3. The van der Waals surface area contributed by atoms with Gasteiger partial charge in [-0.05, 0) is 26.7 Å². The van der Waals surface area contributed by atoms with E-state index < -0.39 is 5.97 Å². The summed E-state index contributed by atoms with van der Waals surface area (Å²) in [5.41, 5.74) is 2.07. The number of H-pyrrole nitrogens is 1. The van der Waals surface area contributed by atoms with Gasteiger partial charge in [0.1, 0.15) is 0 Å². The summed E-state index contributed by atoms with van der Waals surface area (Å²) >= 11 is 0. The first-order valence-corrected chi connectivity index (χ1v) is 6.04. The minimum atomic E-state index is -0.766. The second-order valence-electron chi connectivity index (χ2n) is 4.71. The van der Waals surface area contributed by atoms with Crippen molar-refractivity contribution >= 4 is 11.9 Å². The van der Waals surface area contributed by atoms with Crippen LogP contribution in [0.5, 0.6) is 0 Å². The number of amides is 1. The number of hydrogen-bond donors (Lipinski definition) is 2. The van der Waals surface area contributed by atoms with E-state index in [1.54, 1.807) is 11.8 Å². The lowest BCUT2D eigenvalue weighted by Crippen LogP contribution is -2.40. The third-order valence-corrected chi connectivity index (χ3v) is 3.47. The second-order valence-corrected chi connectivity index (χ2v) is 4.71. The van der Waals surface area contributed by atoms with Crippen molar-refractivity contribution < 1.29 is 14.7 Å². The van der Waals surface area contributed by atoms with E-state index >= 15 is 0 Å². The largest absolute Gasteiger partial charge is 0.481 e. The van der Waals surface area contributed by atoms with Gasteiger partial charge in [0.25, 0.3) is 5.91 Å². The zero-order valence-corrected chi connectivity index (χ0v) is 10.6. The van der Waals surface area contributed by atoms with Crippen molar-refractivity contribution in [1.29, 1.82) is 0 Å². The topological polar surface area (TPSA) is 86.3 Å². The molecule has 0 spiro atoms. The number of nitrogens with zero attached hydrogens (tertiary/aromatic N) is 2.